The molecule has 0 spiro atoms. The van der Waals surface area contributed by atoms with Gasteiger partial charge in [0.1, 0.15) is 39.8 Å². The molecule has 0 aromatic heterocycles. The summed E-state index contributed by atoms with van der Waals surface area (Å²) in [5.41, 5.74) is 3.42. The zero-order chi connectivity index (χ0) is 20.4. The predicted octanol–water partition coefficient (Wildman–Crippen LogP) is 6.49. The van der Waals surface area contributed by atoms with Gasteiger partial charge < -0.3 is 14.2 Å². The van der Waals surface area contributed by atoms with Crippen molar-refractivity contribution in [1.82, 2.24) is 0 Å². The lowest BCUT2D eigenvalue weighted by atomic mass is 10.2. The van der Waals surface area contributed by atoms with Gasteiger partial charge in [0.15, 0.2) is 0 Å². The lowest BCUT2D eigenvalue weighted by molar-refractivity contribution is 0.225. The summed E-state index contributed by atoms with van der Waals surface area (Å²) in [6, 6.07) is 12.7. The topological polar surface area (TPSA) is 49.0 Å². The van der Waals surface area contributed by atoms with Crippen LogP contribution in [0.1, 0.15) is 13.8 Å². The molecule has 0 bridgehead atoms. The third-order valence-corrected chi connectivity index (χ3v) is 3.55. The fourth-order valence-electron chi connectivity index (χ4n) is 2.15. The van der Waals surface area contributed by atoms with Crippen LogP contribution in [0.3, 0.4) is 0 Å². The van der Waals surface area contributed by atoms with Gasteiger partial charge in [0.25, 0.3) is 0 Å². The van der Waals surface area contributed by atoms with Crippen molar-refractivity contribution >= 4 is 28.9 Å². The Morgan fingerprint density at radius 3 is 2.36 bits per heavy atom. The number of halogens is 2. The first kappa shape index (κ1) is 22.0. The van der Waals surface area contributed by atoms with Crippen LogP contribution >= 0.6 is 23.2 Å². The van der Waals surface area contributed by atoms with Crippen molar-refractivity contribution < 1.29 is 19.0 Å². The summed E-state index contributed by atoms with van der Waals surface area (Å²) in [7, 11) is 0. The summed E-state index contributed by atoms with van der Waals surface area (Å²) in [4.78, 5) is 5.31. The highest BCUT2D eigenvalue weighted by atomic mass is 35.5. The number of nitrogens with one attached hydrogen (secondary N) is 1. The number of hydrogen-bond donors (Lipinski definition) is 1. The Bertz CT molecular complexity index is 787. The third-order valence-electron chi connectivity index (χ3n) is 3.24. The first-order valence-electron chi connectivity index (χ1n) is 8.69. The zero-order valence-electron chi connectivity index (χ0n) is 15.8. The van der Waals surface area contributed by atoms with E-state index in [4.69, 9.17) is 42.3 Å². The molecule has 2 rings (SSSR count). The molecule has 0 atom stereocenters. The van der Waals surface area contributed by atoms with Crippen LogP contribution in [0, 0.1) is 0 Å². The molecule has 0 aliphatic rings. The molecule has 0 amide bonds. The molecule has 2 aromatic carbocycles. The highest BCUT2D eigenvalue weighted by molar-refractivity contribution is 6.55. The smallest absolute Gasteiger partial charge is 0.145 e. The minimum Gasteiger partial charge on any atom is -0.491 e. The molecule has 0 fully saturated rings. The van der Waals surface area contributed by atoms with Gasteiger partial charge in [0.05, 0.1) is 12.7 Å². The molecule has 0 aliphatic carbocycles. The standard InChI is InChI=1S/C21H23Cl2NO4/c1-4-12-26-24-19-14-18(9-10-20(19)25-13-11-21(22)23)28-17-7-5-16(6-8-17)27-15(2)3/h4-11,14-15,24H,1,12-13H2,2-3H3. The van der Waals surface area contributed by atoms with Gasteiger partial charge in [0, 0.05) is 6.07 Å². The van der Waals surface area contributed by atoms with Crippen LogP contribution in [0.4, 0.5) is 5.69 Å². The van der Waals surface area contributed by atoms with Gasteiger partial charge >= 0.3 is 0 Å². The van der Waals surface area contributed by atoms with Crippen molar-refractivity contribution in [2.45, 2.75) is 20.0 Å². The molecule has 1 N–H and O–H groups in total. The van der Waals surface area contributed by atoms with Crippen LogP contribution in [0.25, 0.3) is 0 Å². The van der Waals surface area contributed by atoms with E-state index in [0.29, 0.717) is 29.5 Å². The molecule has 5 nitrogen and oxygen atoms in total. The zero-order valence-corrected chi connectivity index (χ0v) is 17.3. The highest BCUT2D eigenvalue weighted by Crippen LogP contribution is 2.32. The molecule has 0 unspecified atom stereocenters. The number of hydrogen-bond acceptors (Lipinski definition) is 5. The van der Waals surface area contributed by atoms with E-state index in [1.54, 1.807) is 30.4 Å². The molecular formula is C21H23Cl2NO4. The Morgan fingerprint density at radius 1 is 1.04 bits per heavy atom. The van der Waals surface area contributed by atoms with E-state index in [2.05, 4.69) is 12.1 Å². The van der Waals surface area contributed by atoms with E-state index in [0.717, 1.165) is 5.75 Å². The maximum Gasteiger partial charge on any atom is 0.145 e. The summed E-state index contributed by atoms with van der Waals surface area (Å²) in [5.74, 6) is 2.64. The van der Waals surface area contributed by atoms with Gasteiger partial charge in [-0.3, -0.25) is 10.3 Å². The second-order valence-corrected chi connectivity index (χ2v) is 6.91. The number of ether oxygens (including phenoxy) is 3. The van der Waals surface area contributed by atoms with Gasteiger partial charge in [-0.05, 0) is 56.3 Å². The summed E-state index contributed by atoms with van der Waals surface area (Å²) in [6.07, 6.45) is 3.29. The quantitative estimate of drug-likeness (QED) is 0.254. The summed E-state index contributed by atoms with van der Waals surface area (Å²) >= 11 is 11.2. The van der Waals surface area contributed by atoms with Gasteiger partial charge in [-0.15, -0.1) is 6.58 Å². The molecule has 0 saturated heterocycles. The largest absolute Gasteiger partial charge is 0.491 e. The van der Waals surface area contributed by atoms with Gasteiger partial charge in [0.2, 0.25) is 0 Å². The average molecular weight is 424 g/mol. The number of anilines is 1. The van der Waals surface area contributed by atoms with Crippen LogP contribution in [-0.4, -0.2) is 19.3 Å². The van der Waals surface area contributed by atoms with Crippen molar-refractivity contribution in [2.75, 3.05) is 18.7 Å². The second kappa shape index (κ2) is 11.5. The molecule has 2 aromatic rings. The maximum atomic E-state index is 5.90. The van der Waals surface area contributed by atoms with E-state index in [-0.39, 0.29) is 17.2 Å². The molecule has 150 valence electrons. The van der Waals surface area contributed by atoms with Crippen molar-refractivity contribution in [3.8, 4) is 23.0 Å². The molecule has 0 saturated carbocycles. The first-order chi connectivity index (χ1) is 13.5. The number of rotatable bonds is 11. The fraction of sp³-hybridized carbons (Fsp3) is 0.238. The molecule has 0 aliphatic heterocycles. The minimum absolute atomic E-state index is 0.118. The summed E-state index contributed by atoms with van der Waals surface area (Å²) < 4.78 is 17.3. The van der Waals surface area contributed by atoms with Gasteiger partial charge in [-0.2, -0.15) is 0 Å². The Kier molecular flexibility index (Phi) is 9.01. The molecule has 0 radical (unpaired) electrons. The monoisotopic (exact) mass is 423 g/mol. The predicted molar refractivity (Wildman–Crippen MR) is 114 cm³/mol. The molecule has 0 heterocycles. The van der Waals surface area contributed by atoms with Crippen LogP contribution in [0.15, 0.2) is 65.7 Å². The van der Waals surface area contributed by atoms with E-state index < -0.39 is 0 Å². The Labute approximate surface area is 175 Å². The Hall–Kier alpha value is -2.34. The minimum atomic E-state index is 0.118. The highest BCUT2D eigenvalue weighted by Gasteiger charge is 2.08. The van der Waals surface area contributed by atoms with Crippen molar-refractivity contribution in [1.29, 1.82) is 0 Å². The van der Waals surface area contributed by atoms with Crippen molar-refractivity contribution in [3.63, 3.8) is 0 Å². The SMILES string of the molecule is C=CCONc1cc(Oc2ccc(OC(C)C)cc2)ccc1OCC=C(Cl)Cl. The van der Waals surface area contributed by atoms with E-state index in [1.807, 2.05) is 38.1 Å². The van der Waals surface area contributed by atoms with E-state index in [1.165, 1.54) is 0 Å². The normalized spacial score (nSPS) is 10.3. The maximum absolute atomic E-state index is 5.90. The second-order valence-electron chi connectivity index (χ2n) is 5.90. The lowest BCUT2D eigenvalue weighted by Crippen LogP contribution is -2.05. The van der Waals surface area contributed by atoms with Crippen LogP contribution in [0.2, 0.25) is 0 Å². The van der Waals surface area contributed by atoms with E-state index in [9.17, 15) is 0 Å². The molecule has 7 heteroatoms. The lowest BCUT2D eigenvalue weighted by Gasteiger charge is -2.14. The third kappa shape index (κ3) is 7.72. The van der Waals surface area contributed by atoms with Gasteiger partial charge in [-0.1, -0.05) is 29.3 Å². The first-order valence-corrected chi connectivity index (χ1v) is 9.45. The fourth-order valence-corrected chi connectivity index (χ4v) is 2.27. The van der Waals surface area contributed by atoms with E-state index >= 15 is 0 Å². The molecular weight excluding hydrogens is 401 g/mol. The Morgan fingerprint density at radius 2 is 1.71 bits per heavy atom. The number of benzene rings is 2. The summed E-state index contributed by atoms with van der Waals surface area (Å²) in [6.45, 7) is 8.12. The van der Waals surface area contributed by atoms with Gasteiger partial charge in [-0.25, -0.2) is 0 Å². The van der Waals surface area contributed by atoms with Crippen molar-refractivity contribution in [2.24, 2.45) is 0 Å². The summed E-state index contributed by atoms with van der Waals surface area (Å²) in [5, 5.41) is 0. The molecule has 28 heavy (non-hydrogen) atoms. The van der Waals surface area contributed by atoms with Crippen LogP contribution in [0.5, 0.6) is 23.0 Å². The van der Waals surface area contributed by atoms with Crippen LogP contribution in [-0.2, 0) is 4.84 Å². The average Bonchev–Trinajstić information content (AvgIpc) is 2.64. The van der Waals surface area contributed by atoms with Crippen LogP contribution < -0.4 is 19.7 Å². The van der Waals surface area contributed by atoms with Crippen molar-refractivity contribution in [3.05, 3.63) is 65.7 Å². The Balaban J connectivity index is 2.11.